The molecule has 2 fully saturated rings. The molecule has 10 heteroatoms. The Labute approximate surface area is 166 Å². The maximum Gasteiger partial charge on any atom is 0.408 e. The second kappa shape index (κ2) is 8.73. The van der Waals surface area contributed by atoms with Crippen LogP contribution in [0.4, 0.5) is 13.6 Å². The molecule has 2 heterocycles. The standard InChI is InChI=1S/C19H22F2N2O6/c1-28-16(24)10-22-15(12-6-13(20)8-14(21)7-12)9-23(19(26)27)17(18(22)25)11-2-4-29-5-3-11/h6-8,11,15,17H,2-5,9-10H2,1H3,(H,26,27). The number of benzene rings is 1. The lowest BCUT2D eigenvalue weighted by atomic mass is 9.86. The van der Waals surface area contributed by atoms with Crippen LogP contribution >= 0.6 is 0 Å². The number of halogens is 2. The molecule has 1 N–H and O–H groups in total. The molecule has 0 bridgehead atoms. The highest BCUT2D eigenvalue weighted by Crippen LogP contribution is 2.35. The fourth-order valence-electron chi connectivity index (χ4n) is 3.98. The van der Waals surface area contributed by atoms with Crippen LogP contribution in [0.3, 0.4) is 0 Å². The van der Waals surface area contributed by atoms with Crippen molar-refractivity contribution in [2.45, 2.75) is 24.9 Å². The lowest BCUT2D eigenvalue weighted by Crippen LogP contribution is -2.63. The molecule has 3 rings (SSSR count). The van der Waals surface area contributed by atoms with Crippen LogP contribution in [0.5, 0.6) is 0 Å². The predicted octanol–water partition coefficient (Wildman–Crippen LogP) is 1.80. The molecule has 2 atom stereocenters. The van der Waals surface area contributed by atoms with Gasteiger partial charge in [0, 0.05) is 25.8 Å². The van der Waals surface area contributed by atoms with Crippen LogP contribution in [0.2, 0.25) is 0 Å². The van der Waals surface area contributed by atoms with E-state index in [1.54, 1.807) is 0 Å². The monoisotopic (exact) mass is 412 g/mol. The number of piperazine rings is 1. The van der Waals surface area contributed by atoms with Gasteiger partial charge in [-0.1, -0.05) is 0 Å². The zero-order chi connectivity index (χ0) is 21.1. The first-order valence-electron chi connectivity index (χ1n) is 9.22. The predicted molar refractivity (Wildman–Crippen MR) is 94.9 cm³/mol. The Morgan fingerprint density at radius 3 is 2.38 bits per heavy atom. The molecule has 2 saturated heterocycles. The number of hydrogen-bond acceptors (Lipinski definition) is 5. The van der Waals surface area contributed by atoms with Gasteiger partial charge in [0.05, 0.1) is 13.2 Å². The Kier molecular flexibility index (Phi) is 6.31. The first-order chi connectivity index (χ1) is 13.8. The lowest BCUT2D eigenvalue weighted by molar-refractivity contribution is -0.157. The number of rotatable bonds is 4. The number of hydrogen-bond donors (Lipinski definition) is 1. The summed E-state index contributed by atoms with van der Waals surface area (Å²) in [6.07, 6.45) is -0.328. The van der Waals surface area contributed by atoms with Gasteiger partial charge in [-0.15, -0.1) is 0 Å². The van der Waals surface area contributed by atoms with Gasteiger partial charge in [-0.25, -0.2) is 13.6 Å². The number of amides is 2. The van der Waals surface area contributed by atoms with E-state index in [2.05, 4.69) is 4.74 Å². The second-order valence-electron chi connectivity index (χ2n) is 7.09. The summed E-state index contributed by atoms with van der Waals surface area (Å²) in [5.74, 6) is -3.31. The summed E-state index contributed by atoms with van der Waals surface area (Å²) in [6.45, 7) is 0.128. The average Bonchev–Trinajstić information content (AvgIpc) is 2.68. The van der Waals surface area contributed by atoms with Gasteiger partial charge >= 0.3 is 12.1 Å². The molecule has 2 aliphatic rings. The van der Waals surface area contributed by atoms with Crippen molar-refractivity contribution in [1.82, 2.24) is 9.80 Å². The first kappa shape index (κ1) is 21.0. The van der Waals surface area contributed by atoms with Gasteiger partial charge in [-0.2, -0.15) is 0 Å². The van der Waals surface area contributed by atoms with E-state index in [-0.39, 0.29) is 18.0 Å². The Morgan fingerprint density at radius 2 is 1.83 bits per heavy atom. The molecule has 29 heavy (non-hydrogen) atoms. The van der Waals surface area contributed by atoms with Gasteiger partial charge in [0.25, 0.3) is 0 Å². The van der Waals surface area contributed by atoms with Gasteiger partial charge in [0.15, 0.2) is 0 Å². The maximum atomic E-state index is 13.8. The van der Waals surface area contributed by atoms with Gasteiger partial charge in [-0.05, 0) is 36.5 Å². The van der Waals surface area contributed by atoms with E-state index in [0.717, 1.165) is 29.0 Å². The Balaban J connectivity index is 2.01. The highest BCUT2D eigenvalue weighted by atomic mass is 19.1. The Bertz CT molecular complexity index is 779. The molecular formula is C19H22F2N2O6. The van der Waals surface area contributed by atoms with Crippen LogP contribution in [-0.4, -0.2) is 72.3 Å². The average molecular weight is 412 g/mol. The number of methoxy groups -OCH3 is 1. The molecule has 1 aromatic rings. The van der Waals surface area contributed by atoms with Crippen molar-refractivity contribution in [1.29, 1.82) is 0 Å². The lowest BCUT2D eigenvalue weighted by Gasteiger charge is -2.47. The molecule has 1 aromatic carbocycles. The van der Waals surface area contributed by atoms with Crippen LogP contribution in [0, 0.1) is 17.6 Å². The zero-order valence-corrected chi connectivity index (χ0v) is 15.8. The summed E-state index contributed by atoms with van der Waals surface area (Å²) in [5.41, 5.74) is 0.0661. The Morgan fingerprint density at radius 1 is 1.21 bits per heavy atom. The van der Waals surface area contributed by atoms with Gasteiger partial charge in [0.1, 0.15) is 24.2 Å². The fraction of sp³-hybridized carbons (Fsp3) is 0.526. The van der Waals surface area contributed by atoms with Crippen LogP contribution in [-0.2, 0) is 19.1 Å². The Hall–Kier alpha value is -2.75. The third kappa shape index (κ3) is 4.47. The number of carboxylic acid groups (broad SMARTS) is 1. The third-order valence-electron chi connectivity index (χ3n) is 5.37. The van der Waals surface area contributed by atoms with Crippen LogP contribution in [0.15, 0.2) is 18.2 Å². The number of carbonyl (C=O) groups is 3. The molecule has 158 valence electrons. The summed E-state index contributed by atoms with van der Waals surface area (Å²) < 4.78 is 37.5. The highest BCUT2D eigenvalue weighted by Gasteiger charge is 2.47. The van der Waals surface area contributed by atoms with Crippen molar-refractivity contribution in [3.05, 3.63) is 35.4 Å². The van der Waals surface area contributed by atoms with Crippen molar-refractivity contribution in [3.8, 4) is 0 Å². The van der Waals surface area contributed by atoms with Crippen LogP contribution in [0.1, 0.15) is 24.4 Å². The van der Waals surface area contributed by atoms with Crippen molar-refractivity contribution in [2.75, 3.05) is 33.4 Å². The number of nitrogens with zero attached hydrogens (tertiary/aromatic N) is 2. The minimum absolute atomic E-state index is 0.0661. The largest absolute Gasteiger partial charge is 0.468 e. The fourth-order valence-corrected chi connectivity index (χ4v) is 3.98. The SMILES string of the molecule is COC(=O)CN1C(=O)C(C2CCOCC2)N(C(=O)O)CC1c1cc(F)cc(F)c1. The number of esters is 1. The summed E-state index contributed by atoms with van der Waals surface area (Å²) in [7, 11) is 1.16. The van der Waals surface area contributed by atoms with Crippen molar-refractivity contribution in [2.24, 2.45) is 5.92 Å². The van der Waals surface area contributed by atoms with Crippen LogP contribution in [0.25, 0.3) is 0 Å². The van der Waals surface area contributed by atoms with E-state index in [4.69, 9.17) is 4.74 Å². The van der Waals surface area contributed by atoms with Gasteiger partial charge in [-0.3, -0.25) is 14.5 Å². The zero-order valence-electron chi connectivity index (χ0n) is 15.8. The van der Waals surface area contributed by atoms with E-state index in [0.29, 0.717) is 32.1 Å². The van der Waals surface area contributed by atoms with Crippen molar-refractivity contribution >= 4 is 18.0 Å². The molecule has 0 aromatic heterocycles. The van der Waals surface area contributed by atoms with Crippen molar-refractivity contribution in [3.63, 3.8) is 0 Å². The minimum atomic E-state index is -1.31. The summed E-state index contributed by atoms with van der Waals surface area (Å²) in [4.78, 5) is 39.3. The van der Waals surface area contributed by atoms with E-state index >= 15 is 0 Å². The summed E-state index contributed by atoms with van der Waals surface area (Å²) in [6, 6.07) is 0.702. The quantitative estimate of drug-likeness (QED) is 0.758. The van der Waals surface area contributed by atoms with E-state index in [9.17, 15) is 28.3 Å². The smallest absolute Gasteiger partial charge is 0.408 e. The molecule has 0 aliphatic carbocycles. The minimum Gasteiger partial charge on any atom is -0.468 e. The van der Waals surface area contributed by atoms with Crippen molar-refractivity contribution < 1.29 is 37.7 Å². The molecule has 0 spiro atoms. The normalized spacial score (nSPS) is 23.2. The molecule has 2 aliphatic heterocycles. The molecule has 0 radical (unpaired) electrons. The topological polar surface area (TPSA) is 96.4 Å². The molecule has 2 unspecified atom stereocenters. The molecular weight excluding hydrogens is 390 g/mol. The van der Waals surface area contributed by atoms with Gasteiger partial charge < -0.3 is 19.5 Å². The number of ether oxygens (including phenoxy) is 2. The van der Waals surface area contributed by atoms with Gasteiger partial charge in [0.2, 0.25) is 5.91 Å². The van der Waals surface area contributed by atoms with E-state index < -0.39 is 48.2 Å². The second-order valence-corrected chi connectivity index (χ2v) is 7.09. The maximum absolute atomic E-state index is 13.8. The summed E-state index contributed by atoms with van der Waals surface area (Å²) in [5, 5.41) is 9.73. The molecule has 0 saturated carbocycles. The summed E-state index contributed by atoms with van der Waals surface area (Å²) >= 11 is 0. The highest BCUT2D eigenvalue weighted by molar-refractivity contribution is 5.90. The van der Waals surface area contributed by atoms with Crippen LogP contribution < -0.4 is 0 Å². The van der Waals surface area contributed by atoms with E-state index in [1.165, 1.54) is 0 Å². The number of carbonyl (C=O) groups excluding carboxylic acids is 2. The molecule has 2 amide bonds. The first-order valence-corrected chi connectivity index (χ1v) is 9.22. The molecule has 8 nitrogen and oxygen atoms in total. The third-order valence-corrected chi connectivity index (χ3v) is 5.37. The van der Waals surface area contributed by atoms with E-state index in [1.807, 2.05) is 0 Å².